The number of carboxylic acids is 1. The van der Waals surface area contributed by atoms with E-state index >= 15 is 0 Å². The molecular formula is C26H30N2O6. The van der Waals surface area contributed by atoms with Crippen LogP contribution < -0.4 is 5.32 Å². The lowest BCUT2D eigenvalue weighted by molar-refractivity contribution is -0.148. The molecule has 2 unspecified atom stereocenters. The molecule has 0 spiro atoms. The summed E-state index contributed by atoms with van der Waals surface area (Å²) < 4.78 is 5.52. The molecule has 0 aromatic heterocycles. The number of carbonyl (C=O) groups is 3. The van der Waals surface area contributed by atoms with Gasteiger partial charge in [-0.25, -0.2) is 9.59 Å². The molecule has 1 heterocycles. The van der Waals surface area contributed by atoms with Gasteiger partial charge in [-0.15, -0.1) is 0 Å². The Morgan fingerprint density at radius 3 is 2.32 bits per heavy atom. The van der Waals surface area contributed by atoms with Crippen molar-refractivity contribution in [3.05, 3.63) is 59.7 Å². The SMILES string of the molecule is CC(CCNC(=O)OCC1c2ccccc2-c2ccccc21)CC(=O)N1CC(O)C[C@H]1C(=O)O. The highest BCUT2D eigenvalue weighted by atomic mass is 16.5. The van der Waals surface area contributed by atoms with Gasteiger partial charge in [0.2, 0.25) is 5.91 Å². The summed E-state index contributed by atoms with van der Waals surface area (Å²) in [5, 5.41) is 21.7. The van der Waals surface area contributed by atoms with Crippen molar-refractivity contribution < 1.29 is 29.3 Å². The van der Waals surface area contributed by atoms with Gasteiger partial charge in [0.1, 0.15) is 12.6 Å². The molecule has 0 radical (unpaired) electrons. The first-order chi connectivity index (χ1) is 16.3. The number of aliphatic hydroxyl groups is 1. The summed E-state index contributed by atoms with van der Waals surface area (Å²) in [6.45, 7) is 2.50. The summed E-state index contributed by atoms with van der Waals surface area (Å²) in [5.41, 5.74) is 4.63. The van der Waals surface area contributed by atoms with E-state index in [-0.39, 0.29) is 43.7 Å². The third kappa shape index (κ3) is 5.07. The zero-order valence-corrected chi connectivity index (χ0v) is 19.1. The predicted octanol–water partition coefficient (Wildman–Crippen LogP) is 2.99. The van der Waals surface area contributed by atoms with Gasteiger partial charge in [0.25, 0.3) is 0 Å². The quantitative estimate of drug-likeness (QED) is 0.551. The first-order valence-electron chi connectivity index (χ1n) is 11.6. The highest BCUT2D eigenvalue weighted by Crippen LogP contribution is 2.44. The Balaban J connectivity index is 1.22. The summed E-state index contributed by atoms with van der Waals surface area (Å²) >= 11 is 0. The van der Waals surface area contributed by atoms with E-state index in [0.717, 1.165) is 11.1 Å². The van der Waals surface area contributed by atoms with Crippen LogP contribution in [0.4, 0.5) is 4.79 Å². The molecule has 0 saturated carbocycles. The van der Waals surface area contributed by atoms with Crippen LogP contribution in [0.25, 0.3) is 11.1 Å². The van der Waals surface area contributed by atoms with Gasteiger partial charge >= 0.3 is 12.1 Å². The van der Waals surface area contributed by atoms with Crippen LogP contribution in [0.2, 0.25) is 0 Å². The molecule has 1 aliphatic heterocycles. The summed E-state index contributed by atoms with van der Waals surface area (Å²) in [6, 6.07) is 15.3. The molecule has 8 nitrogen and oxygen atoms in total. The Hall–Kier alpha value is -3.39. The molecule has 3 atom stereocenters. The number of likely N-dealkylation sites (tertiary alicyclic amines) is 1. The van der Waals surface area contributed by atoms with Gasteiger partial charge < -0.3 is 25.2 Å². The Labute approximate surface area is 198 Å². The second kappa shape index (κ2) is 10.3. The van der Waals surface area contributed by atoms with Crippen LogP contribution in [0, 0.1) is 5.92 Å². The Morgan fingerprint density at radius 1 is 1.09 bits per heavy atom. The van der Waals surface area contributed by atoms with E-state index in [0.29, 0.717) is 13.0 Å². The second-order valence-electron chi connectivity index (χ2n) is 9.14. The predicted molar refractivity (Wildman–Crippen MR) is 125 cm³/mol. The van der Waals surface area contributed by atoms with Gasteiger partial charge in [0.05, 0.1) is 6.10 Å². The van der Waals surface area contributed by atoms with Gasteiger partial charge in [0.15, 0.2) is 0 Å². The number of aliphatic carboxylic acids is 1. The lowest BCUT2D eigenvalue weighted by atomic mass is 9.98. The molecule has 0 bridgehead atoms. The fourth-order valence-electron chi connectivity index (χ4n) is 4.91. The number of nitrogens with zero attached hydrogens (tertiary/aromatic N) is 1. The van der Waals surface area contributed by atoms with Crippen LogP contribution in [0.3, 0.4) is 0 Å². The fraction of sp³-hybridized carbons (Fsp3) is 0.423. The van der Waals surface area contributed by atoms with E-state index in [1.807, 2.05) is 31.2 Å². The molecule has 8 heteroatoms. The standard InChI is InChI=1S/C26H30N2O6/c1-16(12-24(30)28-14-17(29)13-23(28)25(31)32)10-11-27-26(33)34-15-22-20-8-4-2-6-18(20)19-7-3-5-9-21(19)22/h2-9,16-17,22-23,29H,10-15H2,1H3,(H,27,33)(H,31,32)/t16?,17?,23-/m0/s1. The van der Waals surface area contributed by atoms with Crippen molar-refractivity contribution in [1.29, 1.82) is 0 Å². The normalized spacial score (nSPS) is 19.9. The third-order valence-corrected chi connectivity index (χ3v) is 6.66. The van der Waals surface area contributed by atoms with Crippen molar-refractivity contribution in [1.82, 2.24) is 10.2 Å². The highest BCUT2D eigenvalue weighted by Gasteiger charge is 2.39. The Bertz CT molecular complexity index is 1030. The minimum absolute atomic E-state index is 0.00677. The maximum Gasteiger partial charge on any atom is 0.407 e. The second-order valence-corrected chi connectivity index (χ2v) is 9.14. The number of alkyl carbamates (subject to hydrolysis) is 1. The summed E-state index contributed by atoms with van der Waals surface area (Å²) in [4.78, 5) is 37.4. The first kappa shape index (κ1) is 23.8. The summed E-state index contributed by atoms with van der Waals surface area (Å²) in [5.74, 6) is -1.46. The molecule has 2 amide bonds. The van der Waals surface area contributed by atoms with Crippen LogP contribution in [0.5, 0.6) is 0 Å². The highest BCUT2D eigenvalue weighted by molar-refractivity contribution is 5.84. The minimum Gasteiger partial charge on any atom is -0.480 e. The van der Waals surface area contributed by atoms with Gasteiger partial charge in [-0.3, -0.25) is 4.79 Å². The molecule has 2 aromatic carbocycles. The van der Waals surface area contributed by atoms with Gasteiger partial charge in [0, 0.05) is 31.8 Å². The van der Waals surface area contributed by atoms with E-state index < -0.39 is 24.2 Å². The number of ether oxygens (including phenoxy) is 1. The molecule has 4 rings (SSSR count). The number of aliphatic hydroxyl groups excluding tert-OH is 1. The molecule has 2 aromatic rings. The van der Waals surface area contributed by atoms with Gasteiger partial charge in [-0.1, -0.05) is 55.5 Å². The topological polar surface area (TPSA) is 116 Å². The van der Waals surface area contributed by atoms with Crippen molar-refractivity contribution in [3.8, 4) is 11.1 Å². The number of rotatable bonds is 8. The van der Waals surface area contributed by atoms with E-state index in [2.05, 4.69) is 29.6 Å². The number of carboxylic acid groups (broad SMARTS) is 1. The molecular weight excluding hydrogens is 436 g/mol. The van der Waals surface area contributed by atoms with E-state index in [1.165, 1.54) is 16.0 Å². The largest absolute Gasteiger partial charge is 0.480 e. The van der Waals surface area contributed by atoms with Gasteiger partial charge in [-0.2, -0.15) is 0 Å². The fourth-order valence-corrected chi connectivity index (χ4v) is 4.91. The first-order valence-corrected chi connectivity index (χ1v) is 11.6. The Morgan fingerprint density at radius 2 is 1.71 bits per heavy atom. The van der Waals surface area contributed by atoms with Gasteiger partial charge in [-0.05, 0) is 34.6 Å². The number of β-amino-alcohol motifs (C(OH)–C–C–N with tert-alkyl or cyclic N) is 1. The zero-order valence-electron chi connectivity index (χ0n) is 19.1. The number of benzene rings is 2. The van der Waals surface area contributed by atoms with Crippen molar-refractivity contribution in [2.45, 2.75) is 44.2 Å². The van der Waals surface area contributed by atoms with Crippen LogP contribution in [-0.2, 0) is 14.3 Å². The average Bonchev–Trinajstić information content (AvgIpc) is 3.36. The molecule has 1 fully saturated rings. The molecule has 1 saturated heterocycles. The minimum atomic E-state index is -1.10. The van der Waals surface area contributed by atoms with Crippen molar-refractivity contribution >= 4 is 18.0 Å². The molecule has 180 valence electrons. The number of nitrogens with one attached hydrogen (secondary N) is 1. The third-order valence-electron chi connectivity index (χ3n) is 6.66. The Kier molecular flexibility index (Phi) is 7.17. The molecule has 3 N–H and O–H groups in total. The van der Waals surface area contributed by atoms with Crippen molar-refractivity contribution in [2.24, 2.45) is 5.92 Å². The van der Waals surface area contributed by atoms with Crippen molar-refractivity contribution in [3.63, 3.8) is 0 Å². The zero-order chi connectivity index (χ0) is 24.2. The average molecular weight is 467 g/mol. The van der Waals surface area contributed by atoms with Crippen LogP contribution in [0.1, 0.15) is 43.2 Å². The summed E-state index contributed by atoms with van der Waals surface area (Å²) in [6.07, 6.45) is -0.560. The summed E-state index contributed by atoms with van der Waals surface area (Å²) in [7, 11) is 0. The smallest absolute Gasteiger partial charge is 0.407 e. The number of carbonyl (C=O) groups excluding carboxylic acids is 2. The van der Waals surface area contributed by atoms with Crippen LogP contribution >= 0.6 is 0 Å². The van der Waals surface area contributed by atoms with Crippen molar-refractivity contribution in [2.75, 3.05) is 19.7 Å². The van der Waals surface area contributed by atoms with E-state index in [9.17, 15) is 24.6 Å². The number of amides is 2. The van der Waals surface area contributed by atoms with Crippen LogP contribution in [0.15, 0.2) is 48.5 Å². The number of hydrogen-bond donors (Lipinski definition) is 3. The molecule has 1 aliphatic carbocycles. The number of fused-ring (bicyclic) bond motifs is 3. The lowest BCUT2D eigenvalue weighted by Gasteiger charge is -2.23. The van der Waals surface area contributed by atoms with E-state index in [4.69, 9.17) is 4.74 Å². The monoisotopic (exact) mass is 466 g/mol. The maximum atomic E-state index is 12.5. The molecule has 2 aliphatic rings. The lowest BCUT2D eigenvalue weighted by Crippen LogP contribution is -2.41. The van der Waals surface area contributed by atoms with Crippen LogP contribution in [-0.4, -0.2) is 64.9 Å². The number of hydrogen-bond acceptors (Lipinski definition) is 5. The van der Waals surface area contributed by atoms with E-state index in [1.54, 1.807) is 0 Å². The maximum absolute atomic E-state index is 12.5. The molecule has 34 heavy (non-hydrogen) atoms.